The van der Waals surface area contributed by atoms with Gasteiger partial charge < -0.3 is 15.0 Å². The molecule has 0 radical (unpaired) electrons. The summed E-state index contributed by atoms with van der Waals surface area (Å²) in [6, 6.07) is 18.9. The average Bonchev–Trinajstić information content (AvgIpc) is 2.89. The Bertz CT molecular complexity index is 1440. The summed E-state index contributed by atoms with van der Waals surface area (Å²) in [5, 5.41) is 3.23. The first-order chi connectivity index (χ1) is 18.7. The summed E-state index contributed by atoms with van der Waals surface area (Å²) >= 11 is 6.21. The number of aryl methyl sites for hydroxylation is 1. The molecule has 3 aromatic carbocycles. The Hall–Kier alpha value is -3.56. The van der Waals surface area contributed by atoms with E-state index in [0.717, 1.165) is 15.4 Å². The van der Waals surface area contributed by atoms with Crippen molar-refractivity contribution in [3.63, 3.8) is 0 Å². The van der Waals surface area contributed by atoms with Gasteiger partial charge in [0.15, 0.2) is 0 Å². The maximum absolute atomic E-state index is 14.0. The van der Waals surface area contributed by atoms with E-state index in [-0.39, 0.29) is 23.0 Å². The van der Waals surface area contributed by atoms with Crippen LogP contribution in [0.25, 0.3) is 0 Å². The normalized spacial score (nSPS) is 12.4. The molecule has 10 heteroatoms. The SMILES string of the molecule is COc1ccc(S(=O)(=O)N(CC(=O)N(Cc2ccc(C)cc2)[C@@H](C)C(=O)NC(C)(C)C)c2cccc(Cl)c2)cc1. The lowest BCUT2D eigenvalue weighted by Gasteiger charge is -2.33. The van der Waals surface area contributed by atoms with Crippen LogP contribution in [0.1, 0.15) is 38.8 Å². The molecule has 8 nitrogen and oxygen atoms in total. The maximum Gasteiger partial charge on any atom is 0.264 e. The number of anilines is 1. The van der Waals surface area contributed by atoms with E-state index in [9.17, 15) is 18.0 Å². The molecular weight excluding hydrogens is 550 g/mol. The van der Waals surface area contributed by atoms with E-state index in [1.165, 1.54) is 42.3 Å². The lowest BCUT2D eigenvalue weighted by Crippen LogP contribution is -2.54. The number of nitrogens with one attached hydrogen (secondary N) is 1. The van der Waals surface area contributed by atoms with E-state index >= 15 is 0 Å². The van der Waals surface area contributed by atoms with E-state index < -0.39 is 34.1 Å². The number of hydrogen-bond acceptors (Lipinski definition) is 5. The molecular formula is C30H36ClN3O5S. The van der Waals surface area contributed by atoms with Crippen molar-refractivity contribution in [2.24, 2.45) is 0 Å². The fraction of sp³-hybridized carbons (Fsp3) is 0.333. The lowest BCUT2D eigenvalue weighted by molar-refractivity contribution is -0.140. The van der Waals surface area contributed by atoms with Gasteiger partial charge in [0.05, 0.1) is 17.7 Å². The van der Waals surface area contributed by atoms with Crippen LogP contribution in [-0.4, -0.2) is 50.4 Å². The van der Waals surface area contributed by atoms with Gasteiger partial charge in [0, 0.05) is 17.1 Å². The summed E-state index contributed by atoms with van der Waals surface area (Å²) in [4.78, 5) is 28.5. The number of halogens is 1. The maximum atomic E-state index is 14.0. The van der Waals surface area contributed by atoms with Crippen LogP contribution >= 0.6 is 11.6 Å². The smallest absolute Gasteiger partial charge is 0.264 e. The number of benzene rings is 3. The Balaban J connectivity index is 2.03. The van der Waals surface area contributed by atoms with Crippen LogP contribution < -0.4 is 14.4 Å². The van der Waals surface area contributed by atoms with Gasteiger partial charge in [-0.25, -0.2) is 8.42 Å². The number of hydrogen-bond donors (Lipinski definition) is 1. The highest BCUT2D eigenvalue weighted by atomic mass is 35.5. The molecule has 0 aliphatic rings. The van der Waals surface area contributed by atoms with Crippen molar-refractivity contribution in [3.05, 3.63) is 88.9 Å². The van der Waals surface area contributed by atoms with Crippen LogP contribution in [0.5, 0.6) is 5.75 Å². The molecule has 0 aliphatic carbocycles. The quantitative estimate of drug-likeness (QED) is 0.353. The molecule has 0 aromatic heterocycles. The van der Waals surface area contributed by atoms with Crippen LogP contribution in [0.4, 0.5) is 5.69 Å². The van der Waals surface area contributed by atoms with Crippen molar-refractivity contribution < 1.29 is 22.7 Å². The summed E-state index contributed by atoms with van der Waals surface area (Å²) in [6.07, 6.45) is 0. The number of ether oxygens (including phenoxy) is 1. The molecule has 0 saturated heterocycles. The third-order valence-corrected chi connectivity index (χ3v) is 8.18. The van der Waals surface area contributed by atoms with Gasteiger partial charge in [-0.05, 0) is 82.6 Å². The Morgan fingerprint density at radius 2 is 1.62 bits per heavy atom. The van der Waals surface area contributed by atoms with E-state index in [2.05, 4.69) is 5.32 Å². The summed E-state index contributed by atoms with van der Waals surface area (Å²) in [6.45, 7) is 8.72. The van der Waals surface area contributed by atoms with Crippen molar-refractivity contribution in [1.29, 1.82) is 0 Å². The first kappa shape index (κ1) is 31.0. The van der Waals surface area contributed by atoms with Gasteiger partial charge in [-0.2, -0.15) is 0 Å². The van der Waals surface area contributed by atoms with Crippen LogP contribution in [0.3, 0.4) is 0 Å². The molecule has 214 valence electrons. The van der Waals surface area contributed by atoms with Gasteiger partial charge >= 0.3 is 0 Å². The largest absolute Gasteiger partial charge is 0.497 e. The van der Waals surface area contributed by atoms with Crippen molar-refractivity contribution in [1.82, 2.24) is 10.2 Å². The Labute approximate surface area is 241 Å². The number of rotatable bonds is 10. The highest BCUT2D eigenvalue weighted by Gasteiger charge is 2.33. The zero-order valence-corrected chi connectivity index (χ0v) is 25.2. The van der Waals surface area contributed by atoms with Gasteiger partial charge in [-0.3, -0.25) is 13.9 Å². The topological polar surface area (TPSA) is 96.0 Å². The number of sulfonamides is 1. The minimum absolute atomic E-state index is 0.0234. The first-order valence-electron chi connectivity index (χ1n) is 12.8. The van der Waals surface area contributed by atoms with E-state index in [0.29, 0.717) is 10.8 Å². The number of carbonyl (C=O) groups excluding carboxylic acids is 2. The third-order valence-electron chi connectivity index (χ3n) is 6.16. The van der Waals surface area contributed by atoms with E-state index in [1.54, 1.807) is 25.1 Å². The standard InChI is InChI=1S/C30H36ClN3O5S/c1-21-10-12-23(13-11-21)19-33(22(2)29(36)32-30(3,4)5)28(35)20-34(25-9-7-8-24(31)18-25)40(37,38)27-16-14-26(39-6)15-17-27/h7-18,22H,19-20H2,1-6H3,(H,32,36)/t22-/m0/s1. The molecule has 40 heavy (non-hydrogen) atoms. The molecule has 0 aliphatic heterocycles. The summed E-state index contributed by atoms with van der Waals surface area (Å²) in [5.41, 5.74) is 1.56. The van der Waals surface area contributed by atoms with Crippen molar-refractivity contribution in [3.8, 4) is 5.75 Å². The minimum atomic E-state index is -4.21. The zero-order valence-electron chi connectivity index (χ0n) is 23.6. The molecule has 0 bridgehead atoms. The van der Waals surface area contributed by atoms with Gasteiger partial charge in [-0.1, -0.05) is 47.5 Å². The average molecular weight is 586 g/mol. The molecule has 0 unspecified atom stereocenters. The zero-order chi connectivity index (χ0) is 29.7. The second-order valence-corrected chi connectivity index (χ2v) is 12.9. The van der Waals surface area contributed by atoms with Gasteiger partial charge in [0.1, 0.15) is 18.3 Å². The number of nitrogens with zero attached hydrogens (tertiary/aromatic N) is 2. The Morgan fingerprint density at radius 1 is 1.00 bits per heavy atom. The molecule has 0 spiro atoms. The van der Waals surface area contributed by atoms with Crippen LogP contribution in [0.2, 0.25) is 5.02 Å². The number of carbonyl (C=O) groups is 2. The van der Waals surface area contributed by atoms with Crippen molar-refractivity contribution in [2.45, 2.75) is 57.6 Å². The van der Waals surface area contributed by atoms with E-state index in [4.69, 9.17) is 16.3 Å². The van der Waals surface area contributed by atoms with Crippen molar-refractivity contribution >= 4 is 39.1 Å². The fourth-order valence-electron chi connectivity index (χ4n) is 3.98. The molecule has 0 fully saturated rings. The van der Waals surface area contributed by atoms with E-state index in [1.807, 2.05) is 52.0 Å². The number of amides is 2. The molecule has 1 N–H and O–H groups in total. The summed E-state index contributed by atoms with van der Waals surface area (Å²) < 4.78 is 33.9. The molecule has 2 amide bonds. The molecule has 1 atom stereocenters. The lowest BCUT2D eigenvalue weighted by atomic mass is 10.1. The third kappa shape index (κ3) is 7.99. The summed E-state index contributed by atoms with van der Waals surface area (Å²) in [5.74, 6) is -0.401. The predicted molar refractivity (Wildman–Crippen MR) is 158 cm³/mol. The van der Waals surface area contributed by atoms with Crippen molar-refractivity contribution in [2.75, 3.05) is 18.0 Å². The predicted octanol–water partition coefficient (Wildman–Crippen LogP) is 5.18. The highest BCUT2D eigenvalue weighted by molar-refractivity contribution is 7.92. The molecule has 3 rings (SSSR count). The van der Waals surface area contributed by atoms with Gasteiger partial charge in [-0.15, -0.1) is 0 Å². The Kier molecular flexibility index (Phi) is 9.87. The highest BCUT2D eigenvalue weighted by Crippen LogP contribution is 2.28. The fourth-order valence-corrected chi connectivity index (χ4v) is 5.57. The summed E-state index contributed by atoms with van der Waals surface area (Å²) in [7, 11) is -2.72. The molecule has 3 aromatic rings. The van der Waals surface area contributed by atoms with Crippen LogP contribution in [-0.2, 0) is 26.2 Å². The van der Waals surface area contributed by atoms with Crippen LogP contribution in [0, 0.1) is 6.92 Å². The minimum Gasteiger partial charge on any atom is -0.497 e. The number of methoxy groups -OCH3 is 1. The van der Waals surface area contributed by atoms with Crippen LogP contribution in [0.15, 0.2) is 77.7 Å². The molecule has 0 saturated carbocycles. The van der Waals surface area contributed by atoms with Gasteiger partial charge in [0.2, 0.25) is 11.8 Å². The monoisotopic (exact) mass is 585 g/mol. The van der Waals surface area contributed by atoms with Gasteiger partial charge in [0.25, 0.3) is 10.0 Å². The Morgan fingerprint density at radius 3 is 2.17 bits per heavy atom. The second kappa shape index (κ2) is 12.7. The first-order valence-corrected chi connectivity index (χ1v) is 14.6. The second-order valence-electron chi connectivity index (χ2n) is 10.6. The molecule has 0 heterocycles.